The Morgan fingerprint density at radius 2 is 2.16 bits per heavy atom. The number of likely N-dealkylation sites (tertiary alicyclic amines) is 1. The molecule has 0 radical (unpaired) electrons. The maximum Gasteiger partial charge on any atom is 0.122 e. The second-order valence-electron chi connectivity index (χ2n) is 6.26. The first-order valence-corrected chi connectivity index (χ1v) is 7.84. The van der Waals surface area contributed by atoms with Gasteiger partial charge in [0.25, 0.3) is 0 Å². The summed E-state index contributed by atoms with van der Waals surface area (Å²) < 4.78 is 5.65. The Morgan fingerprint density at radius 1 is 1.37 bits per heavy atom. The van der Waals surface area contributed by atoms with Gasteiger partial charge in [0.05, 0.1) is 12.3 Å². The molecule has 3 nitrogen and oxygen atoms in total. The van der Waals surface area contributed by atoms with Gasteiger partial charge in [-0.15, -0.1) is 0 Å². The molecule has 19 heavy (non-hydrogen) atoms. The van der Waals surface area contributed by atoms with Crippen molar-refractivity contribution in [3.63, 3.8) is 0 Å². The summed E-state index contributed by atoms with van der Waals surface area (Å²) in [4.78, 5) is 2.57. The van der Waals surface area contributed by atoms with Gasteiger partial charge in [-0.05, 0) is 57.3 Å². The quantitative estimate of drug-likeness (QED) is 0.818. The molecule has 2 fully saturated rings. The minimum Gasteiger partial charge on any atom is -0.468 e. The Labute approximate surface area is 116 Å². The number of rotatable bonds is 7. The Bertz CT molecular complexity index is 366. The van der Waals surface area contributed by atoms with Crippen molar-refractivity contribution in [2.75, 3.05) is 19.6 Å². The molecule has 1 aliphatic heterocycles. The van der Waals surface area contributed by atoms with E-state index < -0.39 is 0 Å². The highest BCUT2D eigenvalue weighted by Crippen LogP contribution is 2.33. The fourth-order valence-electron chi connectivity index (χ4n) is 3.19. The standard InChI is InChI=1S/C16H26N2O/c1-13(11-14-6-7-14)17-12-15(16-5-4-10-19-16)18-8-2-3-9-18/h4-5,10,13-15,17H,2-3,6-9,11-12H2,1H3. The molecule has 1 N–H and O–H groups in total. The van der Waals surface area contributed by atoms with Crippen LogP contribution in [0.5, 0.6) is 0 Å². The number of furan rings is 1. The topological polar surface area (TPSA) is 28.4 Å². The van der Waals surface area contributed by atoms with Gasteiger partial charge in [0.1, 0.15) is 5.76 Å². The van der Waals surface area contributed by atoms with Gasteiger partial charge < -0.3 is 9.73 Å². The molecule has 1 saturated heterocycles. The Hall–Kier alpha value is -0.800. The first-order valence-electron chi connectivity index (χ1n) is 7.84. The van der Waals surface area contributed by atoms with Gasteiger partial charge >= 0.3 is 0 Å². The predicted octanol–water partition coefficient (Wildman–Crippen LogP) is 3.19. The first kappa shape index (κ1) is 13.2. The molecule has 1 aromatic heterocycles. The predicted molar refractivity (Wildman–Crippen MR) is 77.1 cm³/mol. The van der Waals surface area contributed by atoms with E-state index in [9.17, 15) is 0 Å². The average molecular weight is 262 g/mol. The lowest BCUT2D eigenvalue weighted by Gasteiger charge is -2.27. The average Bonchev–Trinajstić information content (AvgIpc) is 2.89. The Morgan fingerprint density at radius 3 is 2.79 bits per heavy atom. The van der Waals surface area contributed by atoms with Gasteiger partial charge in [-0.1, -0.05) is 12.8 Å². The molecule has 3 rings (SSSR count). The molecule has 1 saturated carbocycles. The SMILES string of the molecule is CC(CC1CC1)NCC(c1ccco1)N1CCCC1. The lowest BCUT2D eigenvalue weighted by Crippen LogP contribution is -2.37. The van der Waals surface area contributed by atoms with E-state index in [0.717, 1.165) is 18.2 Å². The van der Waals surface area contributed by atoms with Crippen LogP contribution >= 0.6 is 0 Å². The molecule has 1 aliphatic carbocycles. The van der Waals surface area contributed by atoms with E-state index in [0.29, 0.717) is 12.1 Å². The van der Waals surface area contributed by atoms with E-state index in [1.165, 1.54) is 45.2 Å². The maximum absolute atomic E-state index is 5.65. The summed E-state index contributed by atoms with van der Waals surface area (Å²) in [6.07, 6.45) is 8.68. The van der Waals surface area contributed by atoms with Gasteiger partial charge in [0.2, 0.25) is 0 Å². The zero-order valence-electron chi connectivity index (χ0n) is 12.0. The van der Waals surface area contributed by atoms with Crippen molar-refractivity contribution in [3.05, 3.63) is 24.2 Å². The van der Waals surface area contributed by atoms with Crippen LogP contribution in [0.1, 0.15) is 50.8 Å². The molecule has 0 spiro atoms. The van der Waals surface area contributed by atoms with E-state index in [4.69, 9.17) is 4.42 Å². The fraction of sp³-hybridized carbons (Fsp3) is 0.750. The molecule has 106 valence electrons. The van der Waals surface area contributed by atoms with Gasteiger partial charge in [-0.3, -0.25) is 4.90 Å². The highest BCUT2D eigenvalue weighted by Gasteiger charge is 2.27. The summed E-state index contributed by atoms with van der Waals surface area (Å²) in [6, 6.07) is 5.18. The minimum atomic E-state index is 0.416. The summed E-state index contributed by atoms with van der Waals surface area (Å²) in [5.41, 5.74) is 0. The monoisotopic (exact) mass is 262 g/mol. The van der Waals surface area contributed by atoms with E-state index in [2.05, 4.69) is 23.2 Å². The first-order chi connectivity index (χ1) is 9.33. The number of nitrogens with one attached hydrogen (secondary N) is 1. The molecular formula is C16H26N2O. The summed E-state index contributed by atoms with van der Waals surface area (Å²) in [7, 11) is 0. The molecule has 0 bridgehead atoms. The van der Waals surface area contributed by atoms with Crippen molar-refractivity contribution >= 4 is 0 Å². The Kier molecular flexibility index (Phi) is 4.24. The highest BCUT2D eigenvalue weighted by molar-refractivity contribution is 5.06. The normalized spacial score (nSPS) is 23.6. The second-order valence-corrected chi connectivity index (χ2v) is 6.26. The van der Waals surface area contributed by atoms with Crippen LogP contribution in [0.25, 0.3) is 0 Å². The van der Waals surface area contributed by atoms with Crippen LogP contribution in [-0.2, 0) is 0 Å². The zero-order valence-corrected chi connectivity index (χ0v) is 12.0. The zero-order chi connectivity index (χ0) is 13.1. The third-order valence-electron chi connectivity index (χ3n) is 4.50. The summed E-state index contributed by atoms with van der Waals surface area (Å²) in [6.45, 7) is 5.76. The number of nitrogens with zero attached hydrogens (tertiary/aromatic N) is 1. The van der Waals surface area contributed by atoms with E-state index in [1.807, 2.05) is 6.07 Å². The minimum absolute atomic E-state index is 0.416. The molecule has 0 aromatic carbocycles. The smallest absolute Gasteiger partial charge is 0.122 e. The van der Waals surface area contributed by atoms with Crippen LogP contribution < -0.4 is 5.32 Å². The van der Waals surface area contributed by atoms with Crippen LogP contribution in [0.15, 0.2) is 22.8 Å². The maximum atomic E-state index is 5.65. The van der Waals surface area contributed by atoms with Crippen LogP contribution in [0.2, 0.25) is 0 Å². The lowest BCUT2D eigenvalue weighted by molar-refractivity contribution is 0.204. The fourth-order valence-corrected chi connectivity index (χ4v) is 3.19. The molecule has 2 unspecified atom stereocenters. The molecule has 0 amide bonds. The van der Waals surface area contributed by atoms with E-state index in [-0.39, 0.29) is 0 Å². The third kappa shape index (κ3) is 3.61. The molecular weight excluding hydrogens is 236 g/mol. The van der Waals surface area contributed by atoms with Crippen molar-refractivity contribution in [2.24, 2.45) is 5.92 Å². The largest absolute Gasteiger partial charge is 0.468 e. The lowest BCUT2D eigenvalue weighted by atomic mass is 10.1. The van der Waals surface area contributed by atoms with Gasteiger partial charge in [0.15, 0.2) is 0 Å². The van der Waals surface area contributed by atoms with Crippen LogP contribution in [-0.4, -0.2) is 30.6 Å². The van der Waals surface area contributed by atoms with Crippen LogP contribution in [0.4, 0.5) is 0 Å². The van der Waals surface area contributed by atoms with E-state index >= 15 is 0 Å². The number of hydrogen-bond donors (Lipinski definition) is 1. The molecule has 3 heteroatoms. The van der Waals surface area contributed by atoms with Gasteiger partial charge in [0, 0.05) is 12.6 Å². The second kappa shape index (κ2) is 6.10. The molecule has 2 heterocycles. The summed E-state index contributed by atoms with van der Waals surface area (Å²) in [5.74, 6) is 2.12. The van der Waals surface area contributed by atoms with Crippen molar-refractivity contribution in [2.45, 2.75) is 51.1 Å². The Balaban J connectivity index is 1.55. The highest BCUT2D eigenvalue weighted by atomic mass is 16.3. The summed E-state index contributed by atoms with van der Waals surface area (Å²) in [5, 5.41) is 3.72. The van der Waals surface area contributed by atoms with Crippen molar-refractivity contribution in [3.8, 4) is 0 Å². The third-order valence-corrected chi connectivity index (χ3v) is 4.50. The van der Waals surface area contributed by atoms with Crippen LogP contribution in [0.3, 0.4) is 0 Å². The van der Waals surface area contributed by atoms with Gasteiger partial charge in [-0.2, -0.15) is 0 Å². The van der Waals surface area contributed by atoms with E-state index in [1.54, 1.807) is 6.26 Å². The van der Waals surface area contributed by atoms with Crippen molar-refractivity contribution in [1.82, 2.24) is 10.2 Å². The van der Waals surface area contributed by atoms with Crippen molar-refractivity contribution < 1.29 is 4.42 Å². The molecule has 2 aliphatic rings. The molecule has 1 aromatic rings. The van der Waals surface area contributed by atoms with Crippen LogP contribution in [0, 0.1) is 5.92 Å². The molecule has 2 atom stereocenters. The van der Waals surface area contributed by atoms with Gasteiger partial charge in [-0.25, -0.2) is 0 Å². The number of hydrogen-bond acceptors (Lipinski definition) is 3. The van der Waals surface area contributed by atoms with Crippen molar-refractivity contribution in [1.29, 1.82) is 0 Å². The summed E-state index contributed by atoms with van der Waals surface area (Å²) >= 11 is 0.